The molecule has 0 spiro atoms. The van der Waals surface area contributed by atoms with E-state index < -0.39 is 5.97 Å². The zero-order valence-corrected chi connectivity index (χ0v) is 9.08. The van der Waals surface area contributed by atoms with Gasteiger partial charge in [0.2, 0.25) is 5.76 Å². The van der Waals surface area contributed by atoms with Crippen LogP contribution < -0.4 is 5.43 Å². The molecule has 6 heteroatoms. The lowest BCUT2D eigenvalue weighted by Gasteiger charge is -2.01. The van der Waals surface area contributed by atoms with E-state index in [1.807, 2.05) is 0 Å². The molecule has 0 radical (unpaired) electrons. The Kier molecular flexibility index (Phi) is 1.94. The summed E-state index contributed by atoms with van der Waals surface area (Å²) in [5, 5.41) is 9.68. The van der Waals surface area contributed by atoms with E-state index in [9.17, 15) is 14.7 Å². The predicted octanol–water partition coefficient (Wildman–Crippen LogP) is 1.82. The fourth-order valence-corrected chi connectivity index (χ4v) is 1.90. The van der Waals surface area contributed by atoms with Crippen molar-refractivity contribution < 1.29 is 19.1 Å². The summed E-state index contributed by atoms with van der Waals surface area (Å²) in [5.74, 6) is -0.994. The van der Waals surface area contributed by atoms with Crippen molar-refractivity contribution in [3.8, 4) is 5.75 Å². The molecular formula is C11H5ClO5. The molecule has 0 aliphatic carbocycles. The number of phenolic OH excluding ortho intramolecular Hbond substituents is 1. The van der Waals surface area contributed by atoms with E-state index in [1.165, 1.54) is 12.1 Å². The van der Waals surface area contributed by atoms with Crippen molar-refractivity contribution in [2.45, 2.75) is 6.61 Å². The van der Waals surface area contributed by atoms with Crippen LogP contribution in [0, 0.1) is 0 Å². The number of aromatic hydroxyl groups is 1. The number of fused-ring (bicyclic) bond motifs is 2. The summed E-state index contributed by atoms with van der Waals surface area (Å²) in [6.07, 6.45) is 0. The van der Waals surface area contributed by atoms with Crippen LogP contribution in [0.2, 0.25) is 5.02 Å². The first-order valence-corrected chi connectivity index (χ1v) is 5.11. The van der Waals surface area contributed by atoms with Gasteiger partial charge in [0.25, 0.3) is 0 Å². The number of rotatable bonds is 0. The summed E-state index contributed by atoms with van der Waals surface area (Å²) >= 11 is 5.71. The lowest BCUT2D eigenvalue weighted by molar-refractivity contribution is 0.0512. The molecule has 0 saturated carbocycles. The average Bonchev–Trinajstić information content (AvgIpc) is 2.65. The third-order valence-corrected chi connectivity index (χ3v) is 2.89. The van der Waals surface area contributed by atoms with Gasteiger partial charge in [0.15, 0.2) is 5.43 Å². The first-order valence-electron chi connectivity index (χ1n) is 4.73. The average molecular weight is 253 g/mol. The molecule has 2 heterocycles. The summed E-state index contributed by atoms with van der Waals surface area (Å²) in [6.45, 7) is -0.0923. The zero-order chi connectivity index (χ0) is 12.2. The van der Waals surface area contributed by atoms with Crippen LogP contribution in [0.4, 0.5) is 0 Å². The van der Waals surface area contributed by atoms with E-state index in [-0.39, 0.29) is 45.1 Å². The molecule has 0 bridgehead atoms. The summed E-state index contributed by atoms with van der Waals surface area (Å²) in [7, 11) is 0. The van der Waals surface area contributed by atoms with Crippen LogP contribution in [-0.4, -0.2) is 11.1 Å². The van der Waals surface area contributed by atoms with Crippen LogP contribution in [0.3, 0.4) is 0 Å². The van der Waals surface area contributed by atoms with Crippen molar-refractivity contribution in [2.24, 2.45) is 0 Å². The Labute approximate surface area is 99.2 Å². The third-order valence-electron chi connectivity index (χ3n) is 2.59. The second-order valence-corrected chi connectivity index (χ2v) is 4.02. The van der Waals surface area contributed by atoms with Gasteiger partial charge in [-0.1, -0.05) is 11.6 Å². The van der Waals surface area contributed by atoms with Crippen molar-refractivity contribution in [1.29, 1.82) is 0 Å². The number of halogens is 1. The molecule has 1 aliphatic heterocycles. The molecule has 2 aromatic rings. The number of phenols is 1. The minimum absolute atomic E-state index is 0.0509. The van der Waals surface area contributed by atoms with E-state index in [0.717, 1.165) is 0 Å². The fraction of sp³-hybridized carbons (Fsp3) is 0.0909. The lowest BCUT2D eigenvalue weighted by atomic mass is 10.1. The molecule has 0 fully saturated rings. The van der Waals surface area contributed by atoms with Gasteiger partial charge in [0.05, 0.1) is 16.0 Å². The maximum Gasteiger partial charge on any atom is 0.375 e. The number of hydrogen-bond acceptors (Lipinski definition) is 5. The van der Waals surface area contributed by atoms with Crippen molar-refractivity contribution in [2.75, 3.05) is 0 Å². The van der Waals surface area contributed by atoms with Gasteiger partial charge in [0.1, 0.15) is 17.9 Å². The topological polar surface area (TPSA) is 76.7 Å². The van der Waals surface area contributed by atoms with E-state index in [1.54, 1.807) is 0 Å². The second-order valence-electron chi connectivity index (χ2n) is 3.61. The highest BCUT2D eigenvalue weighted by Crippen LogP contribution is 2.30. The van der Waals surface area contributed by atoms with Gasteiger partial charge in [-0.25, -0.2) is 4.79 Å². The first kappa shape index (κ1) is 10.2. The molecule has 3 rings (SSSR count). The van der Waals surface area contributed by atoms with E-state index in [2.05, 4.69) is 0 Å². The molecule has 1 aliphatic rings. The van der Waals surface area contributed by atoms with Gasteiger partial charge in [-0.05, 0) is 6.07 Å². The highest BCUT2D eigenvalue weighted by atomic mass is 35.5. The highest BCUT2D eigenvalue weighted by molar-refractivity contribution is 6.32. The van der Waals surface area contributed by atoms with Gasteiger partial charge in [0, 0.05) is 6.07 Å². The van der Waals surface area contributed by atoms with Crippen LogP contribution >= 0.6 is 11.6 Å². The lowest BCUT2D eigenvalue weighted by Crippen LogP contribution is -2.09. The van der Waals surface area contributed by atoms with Gasteiger partial charge >= 0.3 is 5.97 Å². The number of carbonyl (C=O) groups excluding carboxylic acids is 1. The maximum atomic E-state index is 12.0. The SMILES string of the molecule is O=C1OCc2c1oc1cc(O)c(Cl)cc1c2=O. The van der Waals surface area contributed by atoms with Crippen LogP contribution in [0.5, 0.6) is 5.75 Å². The molecular weight excluding hydrogens is 248 g/mol. The summed E-state index contributed by atoms with van der Waals surface area (Å²) < 4.78 is 9.95. The second kappa shape index (κ2) is 3.24. The van der Waals surface area contributed by atoms with E-state index in [4.69, 9.17) is 20.8 Å². The fourth-order valence-electron chi connectivity index (χ4n) is 1.74. The summed E-state index contributed by atoms with van der Waals surface area (Å²) in [6, 6.07) is 2.51. The van der Waals surface area contributed by atoms with E-state index >= 15 is 0 Å². The Morgan fingerprint density at radius 3 is 2.82 bits per heavy atom. The molecule has 0 unspecified atom stereocenters. The summed E-state index contributed by atoms with van der Waals surface area (Å²) in [4.78, 5) is 23.3. The van der Waals surface area contributed by atoms with Gasteiger partial charge < -0.3 is 14.3 Å². The molecule has 0 atom stereocenters. The quantitative estimate of drug-likeness (QED) is 0.724. The maximum absolute atomic E-state index is 12.0. The minimum Gasteiger partial charge on any atom is -0.506 e. The van der Waals surface area contributed by atoms with Crippen molar-refractivity contribution in [1.82, 2.24) is 0 Å². The molecule has 86 valence electrons. The Morgan fingerprint density at radius 1 is 1.29 bits per heavy atom. The van der Waals surface area contributed by atoms with Gasteiger partial charge in [-0.15, -0.1) is 0 Å². The molecule has 0 amide bonds. The molecule has 5 nitrogen and oxygen atoms in total. The van der Waals surface area contributed by atoms with Crippen molar-refractivity contribution in [3.63, 3.8) is 0 Å². The molecule has 1 aromatic carbocycles. The first-order chi connectivity index (χ1) is 8.08. The van der Waals surface area contributed by atoms with Crippen molar-refractivity contribution in [3.05, 3.63) is 38.7 Å². The number of esters is 1. The number of cyclic esters (lactones) is 1. The van der Waals surface area contributed by atoms with Crippen LogP contribution in [-0.2, 0) is 11.3 Å². The molecule has 17 heavy (non-hydrogen) atoms. The van der Waals surface area contributed by atoms with E-state index in [0.29, 0.717) is 0 Å². The number of benzene rings is 1. The molecule has 1 aromatic heterocycles. The Bertz CT molecular complexity index is 716. The third kappa shape index (κ3) is 1.32. The Balaban J connectivity index is 2.48. The van der Waals surface area contributed by atoms with Crippen LogP contribution in [0.25, 0.3) is 11.0 Å². The highest BCUT2D eigenvalue weighted by Gasteiger charge is 2.28. The zero-order valence-electron chi connectivity index (χ0n) is 8.32. The van der Waals surface area contributed by atoms with Crippen LogP contribution in [0.15, 0.2) is 21.3 Å². The standard InChI is InChI=1S/C11H5ClO5/c12-6-1-4-8(2-7(6)13)17-10-5(9(4)14)3-16-11(10)15/h1-2,13H,3H2. The smallest absolute Gasteiger partial charge is 0.375 e. The van der Waals surface area contributed by atoms with Gasteiger partial charge in [-0.3, -0.25) is 4.79 Å². The molecule has 0 saturated heterocycles. The van der Waals surface area contributed by atoms with Gasteiger partial charge in [-0.2, -0.15) is 0 Å². The predicted molar refractivity (Wildman–Crippen MR) is 58.3 cm³/mol. The number of hydrogen-bond donors (Lipinski definition) is 1. The summed E-state index contributed by atoms with van der Waals surface area (Å²) in [5.41, 5.74) is -0.0762. The number of ether oxygens (including phenoxy) is 1. The molecule has 1 N–H and O–H groups in total. The largest absolute Gasteiger partial charge is 0.506 e. The Morgan fingerprint density at radius 2 is 2.06 bits per heavy atom. The Hall–Kier alpha value is -2.01. The normalized spacial score (nSPS) is 13.8. The van der Waals surface area contributed by atoms with Crippen LogP contribution in [0.1, 0.15) is 16.1 Å². The number of carbonyl (C=O) groups is 1. The minimum atomic E-state index is -0.673. The van der Waals surface area contributed by atoms with Crippen molar-refractivity contribution >= 4 is 28.5 Å². The monoisotopic (exact) mass is 252 g/mol.